The van der Waals surface area contributed by atoms with Crippen molar-refractivity contribution >= 4 is 28.3 Å². The third-order valence-electron chi connectivity index (χ3n) is 6.79. The van der Waals surface area contributed by atoms with Crippen molar-refractivity contribution in [1.29, 1.82) is 0 Å². The first-order chi connectivity index (χ1) is 16.0. The molecule has 0 bridgehead atoms. The number of H-pyrrole nitrogens is 1. The average Bonchev–Trinajstić information content (AvgIpc) is 3.51. The summed E-state index contributed by atoms with van der Waals surface area (Å²) in [6.07, 6.45) is 3.92. The number of carbonyl (C=O) groups excluding carboxylic acids is 2. The van der Waals surface area contributed by atoms with Crippen LogP contribution in [0.5, 0.6) is 0 Å². The number of rotatable bonds is 4. The summed E-state index contributed by atoms with van der Waals surface area (Å²) < 4.78 is 0. The van der Waals surface area contributed by atoms with E-state index >= 15 is 0 Å². The molecule has 6 heteroatoms. The molecule has 0 unspecified atom stereocenters. The van der Waals surface area contributed by atoms with Gasteiger partial charge in [-0.15, -0.1) is 0 Å². The van der Waals surface area contributed by atoms with E-state index in [9.17, 15) is 9.59 Å². The highest BCUT2D eigenvalue weighted by Crippen LogP contribution is 2.29. The molecule has 1 saturated heterocycles. The van der Waals surface area contributed by atoms with Gasteiger partial charge < -0.3 is 20.1 Å². The lowest BCUT2D eigenvalue weighted by Crippen LogP contribution is -2.45. The van der Waals surface area contributed by atoms with Crippen LogP contribution in [0.4, 0.5) is 0 Å². The third-order valence-corrected chi connectivity index (χ3v) is 6.79. The molecule has 1 aromatic heterocycles. The van der Waals surface area contributed by atoms with Crippen molar-refractivity contribution in [3.05, 3.63) is 77.5 Å². The second-order valence-corrected chi connectivity index (χ2v) is 9.27. The van der Waals surface area contributed by atoms with E-state index in [0.29, 0.717) is 18.2 Å². The maximum Gasteiger partial charge on any atom is 0.269 e. The number of aromatic amines is 1. The molecule has 33 heavy (non-hydrogen) atoms. The zero-order valence-electron chi connectivity index (χ0n) is 19.2. The van der Waals surface area contributed by atoms with E-state index < -0.39 is 0 Å². The van der Waals surface area contributed by atoms with Gasteiger partial charge in [-0.2, -0.15) is 0 Å². The minimum atomic E-state index is -0.125. The Bertz CT molecular complexity index is 1210. The molecule has 3 heterocycles. The molecule has 6 nitrogen and oxygen atoms in total. The lowest BCUT2D eigenvalue weighted by atomic mass is 9.95. The summed E-state index contributed by atoms with van der Waals surface area (Å²) in [5.41, 5.74) is 5.06. The van der Waals surface area contributed by atoms with Gasteiger partial charge in [-0.25, -0.2) is 0 Å². The summed E-state index contributed by atoms with van der Waals surface area (Å²) >= 11 is 0. The van der Waals surface area contributed by atoms with Crippen LogP contribution in [0.2, 0.25) is 0 Å². The molecule has 0 radical (unpaired) electrons. The van der Waals surface area contributed by atoms with Crippen molar-refractivity contribution in [2.75, 3.05) is 33.7 Å². The number of hydrogen-bond acceptors (Lipinski definition) is 3. The lowest BCUT2D eigenvalue weighted by molar-refractivity contribution is -0.132. The van der Waals surface area contributed by atoms with Crippen molar-refractivity contribution in [1.82, 2.24) is 20.1 Å². The molecule has 2 amide bonds. The van der Waals surface area contributed by atoms with Crippen LogP contribution in [0.15, 0.2) is 60.7 Å². The number of fused-ring (bicyclic) bond motifs is 1. The minimum Gasteiger partial charge on any atom is -0.351 e. The van der Waals surface area contributed by atoms with E-state index in [-0.39, 0.29) is 17.9 Å². The van der Waals surface area contributed by atoms with E-state index in [2.05, 4.69) is 52.8 Å². The molecule has 3 aromatic rings. The predicted molar refractivity (Wildman–Crippen MR) is 131 cm³/mol. The summed E-state index contributed by atoms with van der Waals surface area (Å²) in [5.74, 6) is 0.535. The SMILES string of the molecule is CN(C)C(=O)c1cc2ccc(C3=CCCN(C(=O)[C@@H]4C[C@H](c5ccccc5)CN4)C3)cc2[nH]1. The van der Waals surface area contributed by atoms with Gasteiger partial charge in [-0.1, -0.05) is 48.5 Å². The quantitative estimate of drug-likeness (QED) is 0.648. The van der Waals surface area contributed by atoms with Crippen molar-refractivity contribution in [3.8, 4) is 0 Å². The van der Waals surface area contributed by atoms with Crippen LogP contribution in [0.25, 0.3) is 16.5 Å². The van der Waals surface area contributed by atoms with Crippen LogP contribution < -0.4 is 5.32 Å². The van der Waals surface area contributed by atoms with Gasteiger partial charge in [-0.05, 0) is 47.6 Å². The fourth-order valence-corrected chi connectivity index (χ4v) is 4.95. The Kier molecular flexibility index (Phi) is 5.77. The van der Waals surface area contributed by atoms with Crippen LogP contribution in [-0.2, 0) is 4.79 Å². The first-order valence-electron chi connectivity index (χ1n) is 11.6. The Balaban J connectivity index is 1.28. The largest absolute Gasteiger partial charge is 0.351 e. The van der Waals surface area contributed by atoms with Gasteiger partial charge in [0.25, 0.3) is 5.91 Å². The highest BCUT2D eigenvalue weighted by atomic mass is 16.2. The topological polar surface area (TPSA) is 68.4 Å². The first kappa shape index (κ1) is 21.5. The van der Waals surface area contributed by atoms with Crippen LogP contribution in [-0.4, -0.2) is 66.4 Å². The number of amides is 2. The second-order valence-electron chi connectivity index (χ2n) is 9.27. The summed E-state index contributed by atoms with van der Waals surface area (Å²) in [5, 5.41) is 4.46. The molecule has 2 N–H and O–H groups in total. The van der Waals surface area contributed by atoms with Gasteiger partial charge in [0.2, 0.25) is 5.91 Å². The molecule has 2 aromatic carbocycles. The standard InChI is InChI=1S/C27H30N4O2/c1-30(2)26(32)25-14-20-11-10-19(13-23(20)29-25)21-9-6-12-31(17-21)27(33)24-15-22(16-28-24)18-7-4-3-5-8-18/h3-5,7-11,13-14,22,24,28-29H,6,12,15-17H2,1-2H3/t22-,24-/m0/s1. The van der Waals surface area contributed by atoms with Gasteiger partial charge in [0.15, 0.2) is 0 Å². The Morgan fingerprint density at radius 1 is 1.06 bits per heavy atom. The van der Waals surface area contributed by atoms with E-state index in [1.165, 1.54) is 5.56 Å². The van der Waals surface area contributed by atoms with E-state index in [4.69, 9.17) is 0 Å². The number of nitrogens with one attached hydrogen (secondary N) is 2. The van der Waals surface area contributed by atoms with Crippen molar-refractivity contribution in [2.24, 2.45) is 0 Å². The number of aromatic nitrogens is 1. The molecule has 5 rings (SSSR count). The fraction of sp³-hybridized carbons (Fsp3) is 0.333. The Hall–Kier alpha value is -3.38. The van der Waals surface area contributed by atoms with Gasteiger partial charge in [0, 0.05) is 44.6 Å². The Morgan fingerprint density at radius 2 is 1.88 bits per heavy atom. The lowest BCUT2D eigenvalue weighted by Gasteiger charge is -2.30. The molecular formula is C27H30N4O2. The zero-order chi connectivity index (χ0) is 22.9. The monoisotopic (exact) mass is 442 g/mol. The van der Waals surface area contributed by atoms with E-state index in [0.717, 1.165) is 48.0 Å². The van der Waals surface area contributed by atoms with Gasteiger partial charge in [-0.3, -0.25) is 9.59 Å². The third kappa shape index (κ3) is 4.31. The number of nitrogens with zero attached hydrogens (tertiary/aromatic N) is 2. The molecule has 0 saturated carbocycles. The molecular weight excluding hydrogens is 412 g/mol. The maximum absolute atomic E-state index is 13.3. The number of hydrogen-bond donors (Lipinski definition) is 2. The van der Waals surface area contributed by atoms with Crippen LogP contribution in [0, 0.1) is 0 Å². The average molecular weight is 443 g/mol. The van der Waals surface area contributed by atoms with E-state index in [1.807, 2.05) is 23.1 Å². The first-order valence-corrected chi connectivity index (χ1v) is 11.6. The highest BCUT2D eigenvalue weighted by molar-refractivity contribution is 5.98. The molecule has 2 aliphatic rings. The van der Waals surface area contributed by atoms with Crippen LogP contribution in [0.1, 0.15) is 40.4 Å². The highest BCUT2D eigenvalue weighted by Gasteiger charge is 2.33. The van der Waals surface area contributed by atoms with E-state index in [1.54, 1.807) is 19.0 Å². The molecule has 2 atom stereocenters. The Labute approximate surface area is 194 Å². The minimum absolute atomic E-state index is 0.0423. The summed E-state index contributed by atoms with van der Waals surface area (Å²) in [4.78, 5) is 32.4. The van der Waals surface area contributed by atoms with Gasteiger partial charge in [0.05, 0.1) is 6.04 Å². The zero-order valence-corrected chi connectivity index (χ0v) is 19.2. The maximum atomic E-state index is 13.3. The number of carbonyl (C=O) groups is 2. The summed E-state index contributed by atoms with van der Waals surface area (Å²) in [6.45, 7) is 2.21. The Morgan fingerprint density at radius 3 is 2.67 bits per heavy atom. The smallest absolute Gasteiger partial charge is 0.269 e. The molecule has 170 valence electrons. The van der Waals surface area contributed by atoms with Crippen LogP contribution >= 0.6 is 0 Å². The molecule has 2 aliphatic heterocycles. The molecule has 1 fully saturated rings. The van der Waals surface area contributed by atoms with Gasteiger partial charge in [0.1, 0.15) is 5.69 Å². The normalized spacial score (nSPS) is 20.7. The predicted octanol–water partition coefficient (Wildman–Crippen LogP) is 3.63. The summed E-state index contributed by atoms with van der Waals surface area (Å²) in [6, 6.07) is 18.4. The van der Waals surface area contributed by atoms with Crippen LogP contribution in [0.3, 0.4) is 0 Å². The molecule has 0 aliphatic carbocycles. The summed E-state index contributed by atoms with van der Waals surface area (Å²) in [7, 11) is 3.50. The fourth-order valence-electron chi connectivity index (χ4n) is 4.95. The van der Waals surface area contributed by atoms with Crippen molar-refractivity contribution < 1.29 is 9.59 Å². The van der Waals surface area contributed by atoms with Crippen molar-refractivity contribution in [3.63, 3.8) is 0 Å². The van der Waals surface area contributed by atoms with Gasteiger partial charge >= 0.3 is 0 Å². The number of benzene rings is 2. The molecule has 0 spiro atoms. The van der Waals surface area contributed by atoms with Crippen molar-refractivity contribution in [2.45, 2.75) is 24.8 Å². The second kappa shape index (κ2) is 8.87.